The quantitative estimate of drug-likeness (QED) is 0.758. The molecule has 1 heterocycles. The van der Waals surface area contributed by atoms with Crippen molar-refractivity contribution in [3.8, 4) is 0 Å². The lowest BCUT2D eigenvalue weighted by molar-refractivity contribution is 0.959. The Morgan fingerprint density at radius 2 is 2.27 bits per heavy atom. The van der Waals surface area contributed by atoms with Gasteiger partial charge in [0.1, 0.15) is 0 Å². The number of aromatic amines is 1. The zero-order valence-electron chi connectivity index (χ0n) is 6.04. The molecule has 0 aliphatic carbocycles. The van der Waals surface area contributed by atoms with Crippen LogP contribution in [0.1, 0.15) is 5.56 Å². The third-order valence-electron chi connectivity index (χ3n) is 1.27. The molecule has 3 nitrogen and oxygen atoms in total. The molecule has 1 aromatic heterocycles. The van der Waals surface area contributed by atoms with Gasteiger partial charge in [0.25, 0.3) is 0 Å². The van der Waals surface area contributed by atoms with Crippen LogP contribution in [0.15, 0.2) is 23.1 Å². The second-order valence-electron chi connectivity index (χ2n) is 2.10. The second-order valence-corrected chi connectivity index (χ2v) is 2.10. The highest BCUT2D eigenvalue weighted by molar-refractivity contribution is 8.93. The summed E-state index contributed by atoms with van der Waals surface area (Å²) >= 11 is 0. The molecule has 1 rings (SSSR count). The summed E-state index contributed by atoms with van der Waals surface area (Å²) in [6, 6.07) is 3.42. The number of H-pyrrole nitrogens is 1. The predicted octanol–water partition coefficient (Wildman–Crippen LogP) is 0.454. The van der Waals surface area contributed by atoms with Gasteiger partial charge in [-0.15, -0.1) is 17.0 Å². The van der Waals surface area contributed by atoms with Crippen LogP contribution in [-0.2, 0) is 6.42 Å². The van der Waals surface area contributed by atoms with E-state index in [1.54, 1.807) is 12.3 Å². The highest BCUT2D eigenvalue weighted by Gasteiger charge is 1.89. The van der Waals surface area contributed by atoms with E-state index in [0.717, 1.165) is 12.0 Å². The van der Waals surface area contributed by atoms with Crippen molar-refractivity contribution in [1.82, 2.24) is 4.98 Å². The standard InChI is InChI=1S/C7H10N2O.BrH/c8-3-1-6-2-4-9-7(10)5-6;/h2,4-5H,1,3,8H2,(H,9,10);1H. The van der Waals surface area contributed by atoms with Gasteiger partial charge in [-0.2, -0.15) is 0 Å². The molecule has 0 unspecified atom stereocenters. The molecule has 11 heavy (non-hydrogen) atoms. The second kappa shape index (κ2) is 5.09. The summed E-state index contributed by atoms with van der Waals surface area (Å²) in [7, 11) is 0. The Bertz CT molecular complexity index is 259. The maximum atomic E-state index is 10.7. The predicted molar refractivity (Wildman–Crippen MR) is 50.1 cm³/mol. The molecule has 0 fully saturated rings. The minimum Gasteiger partial charge on any atom is -0.330 e. The highest BCUT2D eigenvalue weighted by atomic mass is 79.9. The molecule has 0 spiro atoms. The van der Waals surface area contributed by atoms with Crippen molar-refractivity contribution in [3.63, 3.8) is 0 Å². The van der Waals surface area contributed by atoms with Crippen LogP contribution in [0.5, 0.6) is 0 Å². The van der Waals surface area contributed by atoms with Crippen molar-refractivity contribution in [3.05, 3.63) is 34.2 Å². The van der Waals surface area contributed by atoms with Crippen LogP contribution in [0, 0.1) is 0 Å². The molecular weight excluding hydrogens is 208 g/mol. The molecule has 0 aliphatic heterocycles. The van der Waals surface area contributed by atoms with Crippen LogP contribution in [-0.4, -0.2) is 11.5 Å². The van der Waals surface area contributed by atoms with Gasteiger partial charge in [0, 0.05) is 12.3 Å². The molecule has 0 amide bonds. The molecule has 0 saturated heterocycles. The van der Waals surface area contributed by atoms with Crippen molar-refractivity contribution >= 4 is 17.0 Å². The SMILES string of the molecule is Br.NCCc1cc[nH]c(=O)c1. The van der Waals surface area contributed by atoms with Gasteiger partial charge in [0.2, 0.25) is 5.56 Å². The van der Waals surface area contributed by atoms with E-state index in [4.69, 9.17) is 5.73 Å². The van der Waals surface area contributed by atoms with Crippen LogP contribution in [0.3, 0.4) is 0 Å². The Labute approximate surface area is 75.4 Å². The first-order valence-electron chi connectivity index (χ1n) is 3.20. The fourth-order valence-electron chi connectivity index (χ4n) is 0.811. The Morgan fingerprint density at radius 1 is 1.55 bits per heavy atom. The van der Waals surface area contributed by atoms with E-state index >= 15 is 0 Å². The van der Waals surface area contributed by atoms with Gasteiger partial charge in [-0.1, -0.05) is 0 Å². The van der Waals surface area contributed by atoms with E-state index in [9.17, 15) is 4.79 Å². The van der Waals surface area contributed by atoms with E-state index in [2.05, 4.69) is 4.98 Å². The number of pyridine rings is 1. The largest absolute Gasteiger partial charge is 0.330 e. The summed E-state index contributed by atoms with van der Waals surface area (Å²) in [4.78, 5) is 13.2. The molecule has 0 saturated carbocycles. The topological polar surface area (TPSA) is 58.9 Å². The van der Waals surface area contributed by atoms with Crippen LogP contribution in [0.2, 0.25) is 0 Å². The Balaban J connectivity index is 0.000001000. The van der Waals surface area contributed by atoms with Crippen molar-refractivity contribution in [2.75, 3.05) is 6.54 Å². The van der Waals surface area contributed by atoms with Gasteiger partial charge in [-0.25, -0.2) is 0 Å². The first kappa shape index (κ1) is 10.4. The van der Waals surface area contributed by atoms with E-state index in [0.29, 0.717) is 6.54 Å². The maximum absolute atomic E-state index is 10.7. The number of aromatic nitrogens is 1. The van der Waals surface area contributed by atoms with E-state index in [-0.39, 0.29) is 22.5 Å². The molecule has 0 aromatic carbocycles. The van der Waals surface area contributed by atoms with Crippen molar-refractivity contribution < 1.29 is 0 Å². The first-order valence-corrected chi connectivity index (χ1v) is 3.20. The molecule has 3 N–H and O–H groups in total. The lowest BCUT2D eigenvalue weighted by Crippen LogP contribution is -2.08. The maximum Gasteiger partial charge on any atom is 0.248 e. The average Bonchev–Trinajstić information content (AvgIpc) is 1.88. The number of hydrogen-bond acceptors (Lipinski definition) is 2. The average molecular weight is 219 g/mol. The number of nitrogens with one attached hydrogen (secondary N) is 1. The third-order valence-corrected chi connectivity index (χ3v) is 1.27. The zero-order valence-corrected chi connectivity index (χ0v) is 7.75. The van der Waals surface area contributed by atoms with Crippen LogP contribution in [0.4, 0.5) is 0 Å². The van der Waals surface area contributed by atoms with Crippen LogP contribution >= 0.6 is 17.0 Å². The van der Waals surface area contributed by atoms with E-state index in [1.807, 2.05) is 6.07 Å². The number of nitrogens with two attached hydrogens (primary N) is 1. The Morgan fingerprint density at radius 3 is 2.82 bits per heavy atom. The Kier molecular flexibility index (Phi) is 4.81. The van der Waals surface area contributed by atoms with Gasteiger partial charge >= 0.3 is 0 Å². The number of hydrogen-bond donors (Lipinski definition) is 2. The highest BCUT2D eigenvalue weighted by Crippen LogP contribution is 1.91. The van der Waals surface area contributed by atoms with Gasteiger partial charge in [-0.3, -0.25) is 4.79 Å². The van der Waals surface area contributed by atoms with Gasteiger partial charge < -0.3 is 10.7 Å². The Hall–Kier alpha value is -0.610. The van der Waals surface area contributed by atoms with Crippen LogP contribution in [0.25, 0.3) is 0 Å². The first-order chi connectivity index (χ1) is 4.83. The van der Waals surface area contributed by atoms with Crippen molar-refractivity contribution in [1.29, 1.82) is 0 Å². The summed E-state index contributed by atoms with van der Waals surface area (Å²) in [6.45, 7) is 0.587. The normalized spacial score (nSPS) is 8.82. The molecule has 0 radical (unpaired) electrons. The molecule has 1 aromatic rings. The summed E-state index contributed by atoms with van der Waals surface area (Å²) in [6.07, 6.45) is 2.40. The fraction of sp³-hybridized carbons (Fsp3) is 0.286. The van der Waals surface area contributed by atoms with Gasteiger partial charge in [0.15, 0.2) is 0 Å². The van der Waals surface area contributed by atoms with Crippen LogP contribution < -0.4 is 11.3 Å². The smallest absolute Gasteiger partial charge is 0.248 e. The van der Waals surface area contributed by atoms with Crippen molar-refractivity contribution in [2.45, 2.75) is 6.42 Å². The summed E-state index contributed by atoms with van der Waals surface area (Å²) in [5.74, 6) is 0. The fourth-order valence-corrected chi connectivity index (χ4v) is 0.811. The lowest BCUT2D eigenvalue weighted by atomic mass is 10.2. The zero-order chi connectivity index (χ0) is 7.40. The summed E-state index contributed by atoms with van der Waals surface area (Å²) < 4.78 is 0. The van der Waals surface area contributed by atoms with E-state index in [1.165, 1.54) is 0 Å². The monoisotopic (exact) mass is 218 g/mol. The number of halogens is 1. The minimum atomic E-state index is -0.0639. The van der Waals surface area contributed by atoms with Crippen molar-refractivity contribution in [2.24, 2.45) is 5.73 Å². The van der Waals surface area contributed by atoms with Gasteiger partial charge in [-0.05, 0) is 24.6 Å². The van der Waals surface area contributed by atoms with Gasteiger partial charge in [0.05, 0.1) is 0 Å². The molecule has 0 aliphatic rings. The summed E-state index contributed by atoms with van der Waals surface area (Å²) in [5.41, 5.74) is 6.23. The number of rotatable bonds is 2. The van der Waals surface area contributed by atoms with E-state index < -0.39 is 0 Å². The third kappa shape index (κ3) is 3.34. The molecule has 0 atom stereocenters. The molecule has 0 bridgehead atoms. The molecule has 62 valence electrons. The molecular formula is C7H11BrN2O. The lowest BCUT2D eigenvalue weighted by Gasteiger charge is -1.93. The summed E-state index contributed by atoms with van der Waals surface area (Å²) in [5, 5.41) is 0. The molecule has 4 heteroatoms. The minimum absolute atomic E-state index is 0.